The number of amides is 2. The van der Waals surface area contributed by atoms with Crippen LogP contribution in [0.3, 0.4) is 0 Å². The summed E-state index contributed by atoms with van der Waals surface area (Å²) in [6.45, 7) is 1.33. The first-order chi connectivity index (χ1) is 13.0. The molecule has 6 heteroatoms. The number of piperidine rings is 1. The van der Waals surface area contributed by atoms with Gasteiger partial charge >= 0.3 is 0 Å². The lowest BCUT2D eigenvalue weighted by atomic mass is 9.88. The predicted octanol–water partition coefficient (Wildman–Crippen LogP) is 4.69. The molecule has 2 fully saturated rings. The summed E-state index contributed by atoms with van der Waals surface area (Å²) in [5.74, 6) is 0.379. The van der Waals surface area contributed by atoms with Crippen LogP contribution in [0.5, 0.6) is 0 Å². The van der Waals surface area contributed by atoms with Gasteiger partial charge in [-0.05, 0) is 49.5 Å². The van der Waals surface area contributed by atoms with Crippen LogP contribution in [-0.2, 0) is 9.59 Å². The maximum Gasteiger partial charge on any atom is 0.246 e. The third-order valence-corrected chi connectivity index (χ3v) is 6.23. The smallest absolute Gasteiger partial charge is 0.246 e. The molecule has 0 bridgehead atoms. The molecule has 1 saturated carbocycles. The fraction of sp³-hybridized carbons (Fsp3) is 0.524. The van der Waals surface area contributed by atoms with E-state index in [9.17, 15) is 9.59 Å². The molecule has 0 radical (unpaired) electrons. The van der Waals surface area contributed by atoms with Gasteiger partial charge in [0.15, 0.2) is 0 Å². The van der Waals surface area contributed by atoms with Crippen molar-refractivity contribution in [1.82, 2.24) is 10.2 Å². The van der Waals surface area contributed by atoms with Gasteiger partial charge in [0.05, 0.1) is 10.0 Å². The predicted molar refractivity (Wildman–Crippen MR) is 110 cm³/mol. The Morgan fingerprint density at radius 3 is 2.37 bits per heavy atom. The largest absolute Gasteiger partial charge is 0.353 e. The van der Waals surface area contributed by atoms with Crippen LogP contribution < -0.4 is 5.32 Å². The van der Waals surface area contributed by atoms with Crippen LogP contribution in [0.2, 0.25) is 10.0 Å². The third-order valence-electron chi connectivity index (χ3n) is 5.49. The molecule has 2 aliphatic rings. The van der Waals surface area contributed by atoms with Crippen molar-refractivity contribution >= 4 is 41.1 Å². The second kappa shape index (κ2) is 9.61. The van der Waals surface area contributed by atoms with E-state index in [0.717, 1.165) is 44.1 Å². The number of carbonyl (C=O) groups is 2. The molecule has 0 aromatic heterocycles. The fourth-order valence-electron chi connectivity index (χ4n) is 3.82. The Balaban J connectivity index is 1.45. The summed E-state index contributed by atoms with van der Waals surface area (Å²) in [7, 11) is 0. The number of benzene rings is 1. The number of hydrogen-bond donors (Lipinski definition) is 1. The molecule has 2 amide bonds. The van der Waals surface area contributed by atoms with Gasteiger partial charge in [0.25, 0.3) is 0 Å². The Labute approximate surface area is 170 Å². The second-order valence-electron chi connectivity index (χ2n) is 7.45. The molecule has 1 aliphatic carbocycles. The highest BCUT2D eigenvalue weighted by Gasteiger charge is 2.26. The summed E-state index contributed by atoms with van der Waals surface area (Å²) in [5.41, 5.74) is 0.840. The number of halogens is 2. The second-order valence-corrected chi connectivity index (χ2v) is 8.26. The van der Waals surface area contributed by atoms with Crippen molar-refractivity contribution in [1.29, 1.82) is 0 Å². The summed E-state index contributed by atoms with van der Waals surface area (Å²) in [4.78, 5) is 26.6. The molecular weight excluding hydrogens is 383 g/mol. The molecule has 1 N–H and O–H groups in total. The van der Waals surface area contributed by atoms with Crippen LogP contribution in [0.4, 0.5) is 0 Å². The zero-order chi connectivity index (χ0) is 19.2. The number of nitrogens with zero attached hydrogens (tertiary/aromatic N) is 1. The van der Waals surface area contributed by atoms with E-state index in [4.69, 9.17) is 23.2 Å². The molecule has 0 atom stereocenters. The van der Waals surface area contributed by atoms with Gasteiger partial charge in [0.2, 0.25) is 11.8 Å². The van der Waals surface area contributed by atoms with Gasteiger partial charge in [-0.15, -0.1) is 0 Å². The first-order valence-corrected chi connectivity index (χ1v) is 10.5. The number of nitrogens with one attached hydrogen (secondary N) is 1. The first kappa shape index (κ1) is 20.2. The van der Waals surface area contributed by atoms with Crippen molar-refractivity contribution in [3.8, 4) is 0 Å². The van der Waals surface area contributed by atoms with Crippen LogP contribution in [0.1, 0.15) is 50.5 Å². The molecule has 1 saturated heterocycles. The zero-order valence-electron chi connectivity index (χ0n) is 15.4. The normalized spacial score (nSPS) is 19.4. The summed E-state index contributed by atoms with van der Waals surface area (Å²) in [6.07, 6.45) is 10.6. The van der Waals surface area contributed by atoms with E-state index in [2.05, 4.69) is 5.32 Å². The molecule has 146 valence electrons. The highest BCUT2D eigenvalue weighted by molar-refractivity contribution is 6.42. The van der Waals surface area contributed by atoms with Crippen LogP contribution in [-0.4, -0.2) is 35.8 Å². The average Bonchev–Trinajstić information content (AvgIpc) is 2.70. The number of carbonyl (C=O) groups excluding carboxylic acids is 2. The topological polar surface area (TPSA) is 49.4 Å². The lowest BCUT2D eigenvalue weighted by Gasteiger charge is -2.33. The van der Waals surface area contributed by atoms with Crippen LogP contribution in [0.15, 0.2) is 24.3 Å². The van der Waals surface area contributed by atoms with Crippen LogP contribution >= 0.6 is 23.2 Å². The number of likely N-dealkylation sites (tertiary alicyclic amines) is 1. The Kier molecular flexibility index (Phi) is 7.20. The van der Waals surface area contributed by atoms with Crippen LogP contribution in [0, 0.1) is 5.92 Å². The van der Waals surface area contributed by atoms with Crippen molar-refractivity contribution in [2.75, 3.05) is 13.1 Å². The molecule has 27 heavy (non-hydrogen) atoms. The molecule has 0 spiro atoms. The van der Waals surface area contributed by atoms with Gasteiger partial charge in [-0.3, -0.25) is 9.59 Å². The van der Waals surface area contributed by atoms with E-state index in [1.807, 2.05) is 11.0 Å². The molecule has 0 unspecified atom stereocenters. The quantitative estimate of drug-likeness (QED) is 0.734. The van der Waals surface area contributed by atoms with Gasteiger partial charge in [0, 0.05) is 31.1 Å². The van der Waals surface area contributed by atoms with Gasteiger partial charge in [-0.25, -0.2) is 0 Å². The van der Waals surface area contributed by atoms with E-state index in [0.29, 0.717) is 23.1 Å². The van der Waals surface area contributed by atoms with Crippen molar-refractivity contribution in [2.45, 2.75) is 51.0 Å². The highest BCUT2D eigenvalue weighted by Crippen LogP contribution is 2.25. The average molecular weight is 409 g/mol. The standard InChI is InChI=1S/C21H26Cl2N2O2/c22-18-8-6-15(14-19(18)23)7-9-20(26)25-12-10-17(11-13-25)24-21(27)16-4-2-1-3-5-16/h6-9,14,16-17H,1-5,10-13H2,(H,24,27)/b9-7+. The summed E-state index contributed by atoms with van der Waals surface area (Å²) in [6, 6.07) is 5.46. The molecule has 1 aliphatic heterocycles. The van der Waals surface area contributed by atoms with Gasteiger partial charge in [0.1, 0.15) is 0 Å². The molecule has 4 nitrogen and oxygen atoms in total. The summed E-state index contributed by atoms with van der Waals surface area (Å²) < 4.78 is 0. The third kappa shape index (κ3) is 5.73. The minimum absolute atomic E-state index is 0.0156. The molecule has 1 heterocycles. The maximum absolute atomic E-state index is 12.4. The molecule has 1 aromatic carbocycles. The Bertz CT molecular complexity index is 706. The monoisotopic (exact) mass is 408 g/mol. The van der Waals surface area contributed by atoms with Crippen molar-refractivity contribution in [2.24, 2.45) is 5.92 Å². The zero-order valence-corrected chi connectivity index (χ0v) is 16.9. The Hall–Kier alpha value is -1.52. The van der Waals surface area contributed by atoms with E-state index < -0.39 is 0 Å². The lowest BCUT2D eigenvalue weighted by Crippen LogP contribution is -2.47. The van der Waals surface area contributed by atoms with E-state index in [1.54, 1.807) is 24.3 Å². The molecule has 3 rings (SSSR count). The minimum atomic E-state index is -0.0156. The van der Waals surface area contributed by atoms with Gasteiger partial charge in [-0.2, -0.15) is 0 Å². The fourth-order valence-corrected chi connectivity index (χ4v) is 4.12. The maximum atomic E-state index is 12.4. The van der Waals surface area contributed by atoms with Gasteiger partial charge in [-0.1, -0.05) is 48.5 Å². The number of rotatable bonds is 4. The minimum Gasteiger partial charge on any atom is -0.353 e. The van der Waals surface area contributed by atoms with Gasteiger partial charge < -0.3 is 10.2 Å². The number of hydrogen-bond acceptors (Lipinski definition) is 2. The van der Waals surface area contributed by atoms with E-state index in [1.165, 1.54) is 6.42 Å². The Morgan fingerprint density at radius 2 is 1.70 bits per heavy atom. The summed E-state index contributed by atoms with van der Waals surface area (Å²) >= 11 is 11.9. The highest BCUT2D eigenvalue weighted by atomic mass is 35.5. The van der Waals surface area contributed by atoms with Crippen LogP contribution in [0.25, 0.3) is 6.08 Å². The molecular formula is C21H26Cl2N2O2. The SMILES string of the molecule is O=C(NC1CCN(C(=O)/C=C/c2ccc(Cl)c(Cl)c2)CC1)C1CCCCC1. The van der Waals surface area contributed by atoms with E-state index in [-0.39, 0.29) is 23.8 Å². The van der Waals surface area contributed by atoms with E-state index >= 15 is 0 Å². The molecule has 1 aromatic rings. The first-order valence-electron chi connectivity index (χ1n) is 9.75. The van der Waals surface area contributed by atoms with Crippen molar-refractivity contribution < 1.29 is 9.59 Å². The van der Waals surface area contributed by atoms with Crippen molar-refractivity contribution in [3.05, 3.63) is 39.9 Å². The Morgan fingerprint density at radius 1 is 1.00 bits per heavy atom. The summed E-state index contributed by atoms with van der Waals surface area (Å²) in [5, 5.41) is 4.17. The lowest BCUT2D eigenvalue weighted by molar-refractivity contribution is -0.128. The van der Waals surface area contributed by atoms with Crippen molar-refractivity contribution in [3.63, 3.8) is 0 Å².